The predicted octanol–water partition coefficient (Wildman–Crippen LogP) is 19.2. The van der Waals surface area contributed by atoms with Gasteiger partial charge in [0.2, 0.25) is 0 Å². The summed E-state index contributed by atoms with van der Waals surface area (Å²) in [6.07, 6.45) is 29.4. The summed E-state index contributed by atoms with van der Waals surface area (Å²) in [5.74, 6) is -1.82. The van der Waals surface area contributed by atoms with Gasteiger partial charge in [0.1, 0.15) is 5.69 Å². The van der Waals surface area contributed by atoms with Crippen LogP contribution in [0, 0.1) is 32.4 Å². The van der Waals surface area contributed by atoms with Crippen molar-refractivity contribution < 1.29 is 61.4 Å². The third-order valence-corrected chi connectivity index (χ3v) is 25.9. The van der Waals surface area contributed by atoms with Crippen molar-refractivity contribution in [3.05, 3.63) is 230 Å². The Hall–Kier alpha value is -14.1. The average molecular weight is 1850 g/mol. The van der Waals surface area contributed by atoms with Crippen molar-refractivity contribution in [2.45, 2.75) is 167 Å². The van der Waals surface area contributed by atoms with Crippen LogP contribution in [0.25, 0.3) is 32.0 Å². The fraction of sp³-hybridized carbons (Fsp3) is 0.446. The number of carbonyl (C=O) groups excluding carboxylic acids is 8. The van der Waals surface area contributed by atoms with Crippen LogP contribution in [0.4, 0.5) is 66.7 Å². The number of aryl methyl sites for hydroxylation is 4. The largest absolute Gasteiger partial charge is 0.490 e. The summed E-state index contributed by atoms with van der Waals surface area (Å²) in [5.41, 5.74) is 19.9. The Morgan fingerprint density at radius 2 is 0.770 bits per heavy atom. The zero-order chi connectivity index (χ0) is 97.4. The molecule has 4 aliphatic heterocycles. The zero-order valence-electron chi connectivity index (χ0n) is 79.6. The fourth-order valence-electron chi connectivity index (χ4n) is 18.5. The van der Waals surface area contributed by atoms with E-state index in [2.05, 4.69) is 130 Å². The molecule has 4 aromatic carbocycles. The van der Waals surface area contributed by atoms with Crippen molar-refractivity contribution in [3.63, 3.8) is 0 Å². The molecule has 31 nitrogen and oxygen atoms in total. The van der Waals surface area contributed by atoms with E-state index in [9.17, 15) is 51.5 Å². The standard InChI is InChI=1S/C26H32N6O2.C25H32N4O2.C24H28N6O2.C24H31N5O2.C2HF3O2/c1-26(2)11-9-17(10-12-26)20-13-18(19-14-31(5)25(34)32(6)15-19)7-8-21(20)28-24(33)23-29-22(27-3)16-30(23)4;1-17-12-23(26-14-17)24(30)27-22-11-10-19(20-15-28(2)25(31)29(3)16-20)13-21(22)18-8-6-4-5-7-9-18;1-25-21-15-28(2)22(27-21)23(31)26-20-11-10-17(12-19(20)16-8-6-5-7-9-16)18-13-29(3)24(32)30(4)14-18;1-16-13-25-22(26-16)23(30)27-21-11-10-18(19-14-28(2)24(31)29(3)15-19)12-20(21)17-8-6-4-5-7-9-17;3-2(4,5)1(6)7/h7-9,13,16,19H,10-12,14-15H2,1-2,4-6H3,(H,28,33);8,10-14,20,26H,4-7,9,15-16H2,1-3H3,(H,27,30);8,10-12,15,18H,5-7,9,13-14H2,2-4H3,(H,26,31);8,10-13,19H,4-7,9,14-15H2,1-3H3,(H,25,26)(H,27,30);(H,6,7). The highest BCUT2D eigenvalue weighted by atomic mass is 19.4. The van der Waals surface area contributed by atoms with Crippen molar-refractivity contribution in [1.82, 2.24) is 73.3 Å². The van der Waals surface area contributed by atoms with E-state index in [4.69, 9.17) is 23.0 Å². The molecule has 0 atom stereocenters. The van der Waals surface area contributed by atoms with E-state index < -0.39 is 12.1 Å². The molecular formula is C101H124F3N21O10. The van der Waals surface area contributed by atoms with Crippen molar-refractivity contribution in [2.24, 2.45) is 19.5 Å². The van der Waals surface area contributed by atoms with Crippen LogP contribution in [-0.4, -0.2) is 247 Å². The Morgan fingerprint density at radius 1 is 0.452 bits per heavy atom. The van der Waals surface area contributed by atoms with Gasteiger partial charge in [-0.3, -0.25) is 19.2 Å². The lowest BCUT2D eigenvalue weighted by molar-refractivity contribution is -0.192. The lowest BCUT2D eigenvalue weighted by Crippen LogP contribution is -2.48. The molecule has 16 rings (SSSR count). The fourth-order valence-corrected chi connectivity index (χ4v) is 18.5. The molecule has 0 spiro atoms. The summed E-state index contributed by atoms with van der Waals surface area (Å²) < 4.78 is 34.9. The number of imidazole rings is 3. The monoisotopic (exact) mass is 1850 g/mol. The van der Waals surface area contributed by atoms with Gasteiger partial charge < -0.3 is 94.4 Å². The molecule has 8 aliphatic rings. The van der Waals surface area contributed by atoms with Crippen LogP contribution in [0.5, 0.6) is 0 Å². The number of nitrogens with zero attached hydrogens (tertiary/aromatic N) is 15. The number of carbonyl (C=O) groups is 9. The second kappa shape index (κ2) is 44.2. The van der Waals surface area contributed by atoms with Gasteiger partial charge in [-0.15, -0.1) is 0 Å². The van der Waals surface area contributed by atoms with Crippen LogP contribution in [0.1, 0.15) is 245 Å². The van der Waals surface area contributed by atoms with Crippen molar-refractivity contribution in [1.29, 1.82) is 0 Å². The highest BCUT2D eigenvalue weighted by Crippen LogP contribution is 2.44. The number of anilines is 4. The number of amides is 12. The molecule has 714 valence electrons. The number of benzene rings is 4. The van der Waals surface area contributed by atoms with E-state index in [1.165, 1.54) is 71.9 Å². The number of urea groups is 4. The number of allylic oxidation sites excluding steroid dienone is 8. The average Bonchev–Trinajstić information content (AvgIpc) is 1.20. The zero-order valence-corrected chi connectivity index (χ0v) is 79.6. The number of alkyl halides is 3. The Labute approximate surface area is 787 Å². The Balaban J connectivity index is 0.000000158. The van der Waals surface area contributed by atoms with E-state index in [1.54, 1.807) is 81.0 Å². The number of hydrogen-bond acceptors (Lipinski definition) is 12. The van der Waals surface area contributed by atoms with Crippen LogP contribution in [-0.2, 0) is 18.9 Å². The van der Waals surface area contributed by atoms with E-state index in [0.29, 0.717) is 63.9 Å². The lowest BCUT2D eigenvalue weighted by Gasteiger charge is -2.37. The minimum Gasteiger partial charge on any atom is -0.475 e. The Morgan fingerprint density at radius 3 is 1.05 bits per heavy atom. The topological polar surface area (TPSA) is 337 Å². The number of aromatic amines is 2. The highest BCUT2D eigenvalue weighted by Gasteiger charge is 2.39. The van der Waals surface area contributed by atoms with Gasteiger partial charge in [0.05, 0.1) is 0 Å². The van der Waals surface area contributed by atoms with Crippen molar-refractivity contribution in [2.75, 3.05) is 130 Å². The maximum atomic E-state index is 13.0. The quantitative estimate of drug-likeness (QED) is 0.0443. The molecule has 4 aliphatic carbocycles. The number of aliphatic carboxylic acids is 1. The van der Waals surface area contributed by atoms with Crippen molar-refractivity contribution in [3.8, 4) is 0 Å². The molecule has 0 bridgehead atoms. The maximum Gasteiger partial charge on any atom is 0.490 e. The van der Waals surface area contributed by atoms with Gasteiger partial charge in [-0.1, -0.05) is 98.4 Å². The SMILES string of the molecule is Cc1c[nH]c(C(=O)Nc2ccc(C3CN(C)C(=O)N(C)C3)cc2C2=CCCCCC2)c1.Cc1cnc(C(=O)Nc2ccc(C3CN(C)C(=O)N(C)C3)cc2C2=CCCCCC2)[nH]1.O=C(O)C(F)(F)F.[C-]#[N+]c1cn(C)c(C(=O)Nc2ccc(C3CN(C)C(=O)N(C)C3)cc2C2=CCC(C)(C)CC2)n1.[C-]#[N+]c1cn(C)c(C(=O)Nc2ccc(C3CN(C)C(=O)N(C)C3)cc2C2=CCCCC2)n1. The van der Waals surface area contributed by atoms with Crippen LogP contribution in [0.15, 0.2) is 128 Å². The number of aromatic nitrogens is 7. The van der Waals surface area contributed by atoms with E-state index in [-0.39, 0.29) is 100 Å². The molecular weight excluding hydrogens is 1720 g/mol. The molecule has 8 aromatic rings. The molecule has 34 heteroatoms. The van der Waals surface area contributed by atoms with Gasteiger partial charge in [0.25, 0.3) is 35.1 Å². The second-order valence-electron chi connectivity index (χ2n) is 37.3. The number of halogens is 3. The molecule has 4 fully saturated rings. The summed E-state index contributed by atoms with van der Waals surface area (Å²) in [5, 5.41) is 19.4. The molecule has 12 amide bonds. The molecule has 0 unspecified atom stereocenters. The van der Waals surface area contributed by atoms with Gasteiger partial charge >= 0.3 is 48.1 Å². The molecule has 8 heterocycles. The molecule has 0 saturated carbocycles. The molecule has 4 aromatic heterocycles. The van der Waals surface area contributed by atoms with E-state index in [0.717, 1.165) is 138 Å². The minimum absolute atomic E-state index is 0.0337. The van der Waals surface area contributed by atoms with Gasteiger partial charge in [-0.05, 0) is 220 Å². The number of likely N-dealkylation sites (N-methyl/N-ethyl adjacent to an activating group) is 8. The first kappa shape index (κ1) is 100.0. The van der Waals surface area contributed by atoms with Gasteiger partial charge in [-0.25, -0.2) is 29.0 Å². The van der Waals surface area contributed by atoms with Gasteiger partial charge in [-0.2, -0.15) is 13.2 Å². The van der Waals surface area contributed by atoms with Gasteiger partial charge in [0.15, 0.2) is 5.82 Å². The Bertz CT molecular complexity index is 5760. The van der Waals surface area contributed by atoms with Crippen LogP contribution in [0.3, 0.4) is 0 Å². The number of nitrogens with one attached hydrogen (secondary N) is 6. The molecule has 135 heavy (non-hydrogen) atoms. The summed E-state index contributed by atoms with van der Waals surface area (Å²) in [6.45, 7) is 28.1. The first-order valence-corrected chi connectivity index (χ1v) is 46.0. The molecule has 0 radical (unpaired) electrons. The number of carboxylic acid groups (broad SMARTS) is 1. The van der Waals surface area contributed by atoms with Crippen LogP contribution < -0.4 is 21.3 Å². The smallest absolute Gasteiger partial charge is 0.475 e. The number of hydrogen-bond donors (Lipinski definition) is 7. The minimum atomic E-state index is -5.08. The Kier molecular flexibility index (Phi) is 32.7. The number of H-pyrrole nitrogens is 2. The highest BCUT2D eigenvalue weighted by molar-refractivity contribution is 6.07. The summed E-state index contributed by atoms with van der Waals surface area (Å²) in [6, 6.07) is 27.0. The maximum absolute atomic E-state index is 13.0. The summed E-state index contributed by atoms with van der Waals surface area (Å²) >= 11 is 0. The van der Waals surface area contributed by atoms with Crippen molar-refractivity contribution >= 4 is 110 Å². The normalized spacial score (nSPS) is 17.6. The molecule has 4 saturated heterocycles. The second-order valence-corrected chi connectivity index (χ2v) is 37.3. The first-order chi connectivity index (χ1) is 64.2. The lowest BCUT2D eigenvalue weighted by atomic mass is 9.76. The third-order valence-electron chi connectivity index (χ3n) is 25.9. The number of carboxylic acids is 1. The molecule has 7 N–H and O–H groups in total. The van der Waals surface area contributed by atoms with E-state index in [1.807, 2.05) is 119 Å². The van der Waals surface area contributed by atoms with Crippen LogP contribution in [0.2, 0.25) is 0 Å². The first-order valence-electron chi connectivity index (χ1n) is 46.0. The van der Waals surface area contributed by atoms with E-state index >= 15 is 0 Å². The summed E-state index contributed by atoms with van der Waals surface area (Å²) in [7, 11) is 18.1. The van der Waals surface area contributed by atoms with Gasteiger partial charge in [0, 0.05) is 222 Å². The third kappa shape index (κ3) is 25.5. The predicted molar refractivity (Wildman–Crippen MR) is 517 cm³/mol. The number of rotatable bonds is 16. The van der Waals surface area contributed by atoms with Crippen LogP contribution >= 0.6 is 0 Å². The summed E-state index contributed by atoms with van der Waals surface area (Å²) in [4.78, 5) is 148.